The third-order valence-electron chi connectivity index (χ3n) is 2.40. The third kappa shape index (κ3) is 1.90. The summed E-state index contributed by atoms with van der Waals surface area (Å²) in [5.74, 6) is 0.351. The van der Waals surface area contributed by atoms with Gasteiger partial charge in [-0.15, -0.1) is 0 Å². The van der Waals surface area contributed by atoms with Gasteiger partial charge in [-0.05, 0) is 24.1 Å². The average molecular weight is 263 g/mol. The van der Waals surface area contributed by atoms with Crippen LogP contribution in [0.15, 0.2) is 46.9 Å². The molecule has 0 aliphatic rings. The molecule has 0 bridgehead atoms. The molecule has 2 rings (SSSR count). The van der Waals surface area contributed by atoms with E-state index >= 15 is 0 Å². The van der Waals surface area contributed by atoms with Gasteiger partial charge in [0.05, 0.1) is 0 Å². The van der Waals surface area contributed by atoms with Crippen molar-refractivity contribution in [3.05, 3.63) is 52.5 Å². The molecule has 15 heavy (non-hydrogen) atoms. The van der Waals surface area contributed by atoms with E-state index in [1.807, 2.05) is 49.4 Å². The van der Waals surface area contributed by atoms with Crippen LogP contribution in [0, 0.1) is 6.92 Å². The number of aryl methyl sites for hydroxylation is 1. The summed E-state index contributed by atoms with van der Waals surface area (Å²) < 4.78 is 0.992. The first kappa shape index (κ1) is 10.2. The molecular formula is C13H11BrO. The van der Waals surface area contributed by atoms with E-state index in [1.165, 1.54) is 0 Å². The van der Waals surface area contributed by atoms with Gasteiger partial charge in [0.15, 0.2) is 0 Å². The summed E-state index contributed by atoms with van der Waals surface area (Å²) >= 11 is 3.48. The predicted octanol–water partition coefficient (Wildman–Crippen LogP) is 4.13. The lowest BCUT2D eigenvalue weighted by molar-refractivity contribution is 0.473. The van der Waals surface area contributed by atoms with E-state index in [9.17, 15) is 5.11 Å². The van der Waals surface area contributed by atoms with Gasteiger partial charge in [-0.2, -0.15) is 0 Å². The summed E-state index contributed by atoms with van der Waals surface area (Å²) in [6, 6.07) is 13.6. The van der Waals surface area contributed by atoms with Crippen molar-refractivity contribution in [1.29, 1.82) is 0 Å². The molecule has 0 aromatic heterocycles. The highest BCUT2D eigenvalue weighted by Gasteiger charge is 2.08. The van der Waals surface area contributed by atoms with Crippen molar-refractivity contribution in [2.45, 2.75) is 6.92 Å². The number of halogens is 1. The van der Waals surface area contributed by atoms with Gasteiger partial charge >= 0.3 is 0 Å². The molecule has 1 nitrogen and oxygen atoms in total. The normalized spacial score (nSPS) is 10.3. The summed E-state index contributed by atoms with van der Waals surface area (Å²) in [4.78, 5) is 0. The smallest absolute Gasteiger partial charge is 0.126 e. The Bertz CT molecular complexity index is 492. The Morgan fingerprint density at radius 2 is 1.60 bits per heavy atom. The van der Waals surface area contributed by atoms with Crippen molar-refractivity contribution in [2.75, 3.05) is 0 Å². The van der Waals surface area contributed by atoms with Crippen molar-refractivity contribution in [2.24, 2.45) is 0 Å². The summed E-state index contributed by atoms with van der Waals surface area (Å²) in [5.41, 5.74) is 2.77. The molecule has 0 fully saturated rings. The van der Waals surface area contributed by atoms with Crippen LogP contribution in [0.5, 0.6) is 5.75 Å². The van der Waals surface area contributed by atoms with E-state index in [0.29, 0.717) is 5.75 Å². The van der Waals surface area contributed by atoms with Gasteiger partial charge in [0, 0.05) is 10.0 Å². The highest BCUT2D eigenvalue weighted by atomic mass is 79.9. The van der Waals surface area contributed by atoms with Crippen LogP contribution < -0.4 is 0 Å². The fourth-order valence-corrected chi connectivity index (χ4v) is 2.05. The van der Waals surface area contributed by atoms with Crippen LogP contribution in [-0.4, -0.2) is 5.11 Å². The van der Waals surface area contributed by atoms with Crippen molar-refractivity contribution in [3.8, 4) is 16.9 Å². The second kappa shape index (κ2) is 4.07. The van der Waals surface area contributed by atoms with E-state index in [-0.39, 0.29) is 0 Å². The maximum absolute atomic E-state index is 9.95. The minimum absolute atomic E-state index is 0.351. The number of phenols is 1. The lowest BCUT2D eigenvalue weighted by atomic mass is 10.0. The Morgan fingerprint density at radius 1 is 0.933 bits per heavy atom. The Morgan fingerprint density at radius 3 is 2.33 bits per heavy atom. The van der Waals surface area contributed by atoms with Gasteiger partial charge in [-0.25, -0.2) is 0 Å². The topological polar surface area (TPSA) is 20.2 Å². The second-order valence-electron chi connectivity index (χ2n) is 3.45. The minimum atomic E-state index is 0.351. The van der Waals surface area contributed by atoms with E-state index in [1.54, 1.807) is 0 Å². The molecular weight excluding hydrogens is 252 g/mol. The van der Waals surface area contributed by atoms with Crippen LogP contribution in [0.2, 0.25) is 0 Å². The molecule has 2 aromatic rings. The number of hydrogen-bond acceptors (Lipinski definition) is 1. The Labute approximate surface area is 97.5 Å². The molecule has 0 saturated carbocycles. The third-order valence-corrected chi connectivity index (χ3v) is 3.09. The largest absolute Gasteiger partial charge is 0.507 e. The van der Waals surface area contributed by atoms with Crippen LogP contribution in [0.25, 0.3) is 11.1 Å². The van der Waals surface area contributed by atoms with Gasteiger partial charge in [0.1, 0.15) is 5.75 Å². The molecule has 76 valence electrons. The number of para-hydroxylation sites is 1. The van der Waals surface area contributed by atoms with Crippen molar-refractivity contribution < 1.29 is 5.11 Å². The molecule has 0 unspecified atom stereocenters. The number of hydrogen-bond donors (Lipinski definition) is 1. The van der Waals surface area contributed by atoms with Crippen LogP contribution in [-0.2, 0) is 0 Å². The summed E-state index contributed by atoms with van der Waals surface area (Å²) in [7, 11) is 0. The molecule has 0 heterocycles. The standard InChI is InChI=1S/C13H11BrO/c1-9-5-4-7-11(13(9)15)10-6-2-3-8-12(10)14/h2-8,15H,1H3. The zero-order valence-corrected chi connectivity index (χ0v) is 9.95. The van der Waals surface area contributed by atoms with Crippen molar-refractivity contribution in [1.82, 2.24) is 0 Å². The van der Waals surface area contributed by atoms with Gasteiger partial charge < -0.3 is 5.11 Å². The number of rotatable bonds is 1. The monoisotopic (exact) mass is 262 g/mol. The van der Waals surface area contributed by atoms with E-state index < -0.39 is 0 Å². The molecule has 0 spiro atoms. The first-order valence-corrected chi connectivity index (χ1v) is 5.53. The molecule has 2 aromatic carbocycles. The summed E-state index contributed by atoms with van der Waals surface area (Å²) in [5, 5.41) is 9.95. The molecule has 0 aliphatic heterocycles. The molecule has 0 amide bonds. The molecule has 0 atom stereocenters. The second-order valence-corrected chi connectivity index (χ2v) is 4.31. The zero-order valence-electron chi connectivity index (χ0n) is 8.37. The maximum atomic E-state index is 9.95. The number of phenolic OH excluding ortho intramolecular Hbond substituents is 1. The quantitative estimate of drug-likeness (QED) is 0.820. The Balaban J connectivity index is 2.65. The number of benzene rings is 2. The summed E-state index contributed by atoms with van der Waals surface area (Å²) in [6.07, 6.45) is 0. The van der Waals surface area contributed by atoms with E-state index in [0.717, 1.165) is 21.2 Å². The Kier molecular flexibility index (Phi) is 2.78. The first-order chi connectivity index (χ1) is 7.20. The minimum Gasteiger partial charge on any atom is -0.507 e. The van der Waals surface area contributed by atoms with Crippen LogP contribution in [0.4, 0.5) is 0 Å². The van der Waals surface area contributed by atoms with E-state index in [2.05, 4.69) is 15.9 Å². The summed E-state index contributed by atoms with van der Waals surface area (Å²) in [6.45, 7) is 1.90. The van der Waals surface area contributed by atoms with Crippen LogP contribution in [0.3, 0.4) is 0 Å². The predicted molar refractivity (Wildman–Crippen MR) is 66.0 cm³/mol. The van der Waals surface area contributed by atoms with Gasteiger partial charge in [0.25, 0.3) is 0 Å². The fraction of sp³-hybridized carbons (Fsp3) is 0.0769. The van der Waals surface area contributed by atoms with Crippen molar-refractivity contribution >= 4 is 15.9 Å². The Hall–Kier alpha value is -1.28. The molecule has 0 saturated heterocycles. The van der Waals surface area contributed by atoms with Crippen LogP contribution in [0.1, 0.15) is 5.56 Å². The van der Waals surface area contributed by atoms with Crippen LogP contribution >= 0.6 is 15.9 Å². The first-order valence-electron chi connectivity index (χ1n) is 4.73. The SMILES string of the molecule is Cc1cccc(-c2ccccc2Br)c1O. The lowest BCUT2D eigenvalue weighted by Crippen LogP contribution is -1.83. The van der Waals surface area contributed by atoms with Gasteiger partial charge in [-0.1, -0.05) is 52.3 Å². The fourth-order valence-electron chi connectivity index (χ4n) is 1.56. The van der Waals surface area contributed by atoms with E-state index in [4.69, 9.17) is 0 Å². The lowest BCUT2D eigenvalue weighted by Gasteiger charge is -2.08. The molecule has 0 radical (unpaired) electrons. The van der Waals surface area contributed by atoms with Crippen molar-refractivity contribution in [3.63, 3.8) is 0 Å². The zero-order chi connectivity index (χ0) is 10.8. The van der Waals surface area contributed by atoms with Gasteiger partial charge in [-0.3, -0.25) is 0 Å². The average Bonchev–Trinajstić information content (AvgIpc) is 2.23. The molecule has 0 aliphatic carbocycles. The number of aromatic hydroxyl groups is 1. The molecule has 2 heteroatoms. The molecule has 1 N–H and O–H groups in total. The highest BCUT2D eigenvalue weighted by Crippen LogP contribution is 2.35. The maximum Gasteiger partial charge on any atom is 0.126 e. The highest BCUT2D eigenvalue weighted by molar-refractivity contribution is 9.10. The van der Waals surface area contributed by atoms with Gasteiger partial charge in [0.2, 0.25) is 0 Å².